The third-order valence-electron chi connectivity index (χ3n) is 3.21. The molecular formula is C18H24N4O2. The lowest BCUT2D eigenvalue weighted by Gasteiger charge is -2.10. The summed E-state index contributed by atoms with van der Waals surface area (Å²) in [5.74, 6) is 1.07. The molecule has 128 valence electrons. The van der Waals surface area contributed by atoms with Crippen LogP contribution in [0.3, 0.4) is 0 Å². The molecule has 0 aliphatic rings. The Kier molecular flexibility index (Phi) is 6.54. The van der Waals surface area contributed by atoms with Crippen LogP contribution in [0.25, 0.3) is 0 Å². The highest BCUT2D eigenvalue weighted by Crippen LogP contribution is 2.17. The number of hydrogen-bond donors (Lipinski definition) is 2. The van der Waals surface area contributed by atoms with Gasteiger partial charge in [-0.1, -0.05) is 13.3 Å². The van der Waals surface area contributed by atoms with Crippen molar-refractivity contribution >= 4 is 17.5 Å². The van der Waals surface area contributed by atoms with Gasteiger partial charge < -0.3 is 15.4 Å². The van der Waals surface area contributed by atoms with Gasteiger partial charge >= 0.3 is 0 Å². The monoisotopic (exact) mass is 328 g/mol. The lowest BCUT2D eigenvalue weighted by atomic mass is 10.2. The molecular weight excluding hydrogens is 304 g/mol. The van der Waals surface area contributed by atoms with E-state index in [-0.39, 0.29) is 12.0 Å². The van der Waals surface area contributed by atoms with Crippen LogP contribution in [-0.4, -0.2) is 28.5 Å². The SMILES string of the molecule is CCCCNc1ncc(C(=O)Nc2ccc(OC(C)C)cc2)cn1. The standard InChI is InChI=1S/C18H24N4O2/c1-4-5-10-19-18-20-11-14(12-21-18)17(23)22-15-6-8-16(9-7-15)24-13(2)3/h6-9,11-13H,4-5,10H2,1-3H3,(H,22,23)(H,19,20,21). The molecule has 24 heavy (non-hydrogen) atoms. The summed E-state index contributed by atoms with van der Waals surface area (Å²) in [7, 11) is 0. The molecule has 0 atom stereocenters. The van der Waals surface area contributed by atoms with E-state index in [0.717, 1.165) is 25.1 Å². The average molecular weight is 328 g/mol. The van der Waals surface area contributed by atoms with Crippen LogP contribution in [0.4, 0.5) is 11.6 Å². The minimum Gasteiger partial charge on any atom is -0.491 e. The van der Waals surface area contributed by atoms with Crippen molar-refractivity contribution in [1.29, 1.82) is 0 Å². The molecule has 0 fully saturated rings. The summed E-state index contributed by atoms with van der Waals surface area (Å²) in [5.41, 5.74) is 1.11. The molecule has 2 aromatic rings. The first-order valence-corrected chi connectivity index (χ1v) is 8.22. The number of unbranched alkanes of at least 4 members (excludes halogenated alkanes) is 1. The fourth-order valence-corrected chi connectivity index (χ4v) is 2.01. The Balaban J connectivity index is 1.91. The van der Waals surface area contributed by atoms with E-state index in [2.05, 4.69) is 27.5 Å². The summed E-state index contributed by atoms with van der Waals surface area (Å²) in [6, 6.07) is 7.26. The Morgan fingerprint density at radius 1 is 1.17 bits per heavy atom. The molecule has 1 amide bonds. The van der Waals surface area contributed by atoms with E-state index in [1.54, 1.807) is 12.1 Å². The van der Waals surface area contributed by atoms with Crippen molar-refractivity contribution < 1.29 is 9.53 Å². The zero-order valence-electron chi connectivity index (χ0n) is 14.4. The van der Waals surface area contributed by atoms with Gasteiger partial charge in [0, 0.05) is 24.6 Å². The Hall–Kier alpha value is -2.63. The second kappa shape index (κ2) is 8.86. The van der Waals surface area contributed by atoms with Gasteiger partial charge in [0.15, 0.2) is 0 Å². The van der Waals surface area contributed by atoms with Crippen molar-refractivity contribution in [2.75, 3.05) is 17.2 Å². The summed E-state index contributed by atoms with van der Waals surface area (Å²) in [4.78, 5) is 20.5. The number of nitrogens with one attached hydrogen (secondary N) is 2. The van der Waals surface area contributed by atoms with Gasteiger partial charge in [0.05, 0.1) is 11.7 Å². The molecule has 0 spiro atoms. The maximum Gasteiger partial charge on any atom is 0.258 e. The highest BCUT2D eigenvalue weighted by molar-refractivity contribution is 6.03. The molecule has 6 heteroatoms. The second-order valence-corrected chi connectivity index (χ2v) is 5.72. The predicted octanol–water partition coefficient (Wildman–Crippen LogP) is 3.73. The number of nitrogens with zero attached hydrogens (tertiary/aromatic N) is 2. The molecule has 0 radical (unpaired) electrons. The van der Waals surface area contributed by atoms with E-state index in [1.807, 2.05) is 26.0 Å². The number of aromatic nitrogens is 2. The highest BCUT2D eigenvalue weighted by Gasteiger charge is 2.08. The number of anilines is 2. The van der Waals surface area contributed by atoms with E-state index in [9.17, 15) is 4.79 Å². The molecule has 1 aromatic carbocycles. The van der Waals surface area contributed by atoms with E-state index in [1.165, 1.54) is 12.4 Å². The van der Waals surface area contributed by atoms with Crippen LogP contribution in [0.2, 0.25) is 0 Å². The van der Waals surface area contributed by atoms with Crippen LogP contribution in [-0.2, 0) is 0 Å². The van der Waals surface area contributed by atoms with Crippen LogP contribution in [0.5, 0.6) is 5.75 Å². The van der Waals surface area contributed by atoms with Crippen molar-refractivity contribution in [2.24, 2.45) is 0 Å². The highest BCUT2D eigenvalue weighted by atomic mass is 16.5. The van der Waals surface area contributed by atoms with Crippen LogP contribution >= 0.6 is 0 Å². The molecule has 2 rings (SSSR count). The Morgan fingerprint density at radius 2 is 1.83 bits per heavy atom. The van der Waals surface area contributed by atoms with Crippen LogP contribution in [0, 0.1) is 0 Å². The van der Waals surface area contributed by atoms with Crippen molar-refractivity contribution in [3.05, 3.63) is 42.2 Å². The summed E-state index contributed by atoms with van der Waals surface area (Å²) in [5, 5.41) is 5.93. The Labute approximate surface area is 142 Å². The molecule has 6 nitrogen and oxygen atoms in total. The maximum absolute atomic E-state index is 12.2. The smallest absolute Gasteiger partial charge is 0.258 e. The molecule has 0 saturated carbocycles. The predicted molar refractivity (Wildman–Crippen MR) is 95.6 cm³/mol. The number of carbonyl (C=O) groups excluding carboxylic acids is 1. The van der Waals surface area contributed by atoms with Gasteiger partial charge in [-0.3, -0.25) is 4.79 Å². The first kappa shape index (κ1) is 17.7. The summed E-state index contributed by atoms with van der Waals surface area (Å²) in [6.45, 7) is 6.89. The second-order valence-electron chi connectivity index (χ2n) is 5.72. The number of hydrogen-bond acceptors (Lipinski definition) is 5. The van der Waals surface area contributed by atoms with Crippen LogP contribution in [0.1, 0.15) is 44.0 Å². The first-order chi connectivity index (χ1) is 11.6. The zero-order chi connectivity index (χ0) is 17.4. The fraction of sp³-hybridized carbons (Fsp3) is 0.389. The molecule has 0 bridgehead atoms. The minimum absolute atomic E-state index is 0.118. The van der Waals surface area contributed by atoms with E-state index in [0.29, 0.717) is 17.2 Å². The lowest BCUT2D eigenvalue weighted by molar-refractivity contribution is 0.102. The molecule has 1 aromatic heterocycles. The van der Waals surface area contributed by atoms with Crippen molar-refractivity contribution in [3.8, 4) is 5.75 Å². The quantitative estimate of drug-likeness (QED) is 0.722. The van der Waals surface area contributed by atoms with Gasteiger partial charge in [-0.2, -0.15) is 0 Å². The Morgan fingerprint density at radius 3 is 2.42 bits per heavy atom. The van der Waals surface area contributed by atoms with E-state index in [4.69, 9.17) is 4.74 Å². The number of carbonyl (C=O) groups is 1. The number of ether oxygens (including phenoxy) is 1. The lowest BCUT2D eigenvalue weighted by Crippen LogP contribution is -2.13. The first-order valence-electron chi connectivity index (χ1n) is 8.22. The molecule has 0 unspecified atom stereocenters. The molecule has 2 N–H and O–H groups in total. The summed E-state index contributed by atoms with van der Waals surface area (Å²) < 4.78 is 5.57. The van der Waals surface area contributed by atoms with Gasteiger partial charge in [0.1, 0.15) is 5.75 Å². The van der Waals surface area contributed by atoms with E-state index >= 15 is 0 Å². The third-order valence-corrected chi connectivity index (χ3v) is 3.21. The molecule has 1 heterocycles. The summed E-state index contributed by atoms with van der Waals surface area (Å²) >= 11 is 0. The third kappa shape index (κ3) is 5.53. The normalized spacial score (nSPS) is 10.5. The summed E-state index contributed by atoms with van der Waals surface area (Å²) in [6.07, 6.45) is 5.32. The maximum atomic E-state index is 12.2. The molecule has 0 aliphatic carbocycles. The van der Waals surface area contributed by atoms with Gasteiger partial charge in [-0.25, -0.2) is 9.97 Å². The zero-order valence-corrected chi connectivity index (χ0v) is 14.4. The molecule has 0 aliphatic heterocycles. The van der Waals surface area contributed by atoms with Crippen LogP contribution in [0.15, 0.2) is 36.7 Å². The topological polar surface area (TPSA) is 76.1 Å². The Bertz CT molecular complexity index is 639. The van der Waals surface area contributed by atoms with Crippen molar-refractivity contribution in [3.63, 3.8) is 0 Å². The van der Waals surface area contributed by atoms with Gasteiger partial charge in [0.25, 0.3) is 5.91 Å². The van der Waals surface area contributed by atoms with Crippen molar-refractivity contribution in [2.45, 2.75) is 39.7 Å². The van der Waals surface area contributed by atoms with Gasteiger partial charge in [0.2, 0.25) is 5.95 Å². The van der Waals surface area contributed by atoms with Crippen molar-refractivity contribution in [1.82, 2.24) is 9.97 Å². The number of benzene rings is 1. The van der Waals surface area contributed by atoms with Crippen LogP contribution < -0.4 is 15.4 Å². The minimum atomic E-state index is -0.243. The number of rotatable bonds is 8. The largest absolute Gasteiger partial charge is 0.491 e. The van der Waals surface area contributed by atoms with E-state index < -0.39 is 0 Å². The van der Waals surface area contributed by atoms with Gasteiger partial charge in [-0.05, 0) is 44.5 Å². The van der Waals surface area contributed by atoms with Gasteiger partial charge in [-0.15, -0.1) is 0 Å². The number of amides is 1. The fourth-order valence-electron chi connectivity index (χ4n) is 2.01. The molecule has 0 saturated heterocycles. The average Bonchev–Trinajstić information content (AvgIpc) is 2.57.